The smallest absolute Gasteiger partial charge is 0.120 e. The molecule has 18 heavy (non-hydrogen) atoms. The lowest BCUT2D eigenvalue weighted by Gasteiger charge is -2.18. The van der Waals surface area contributed by atoms with Gasteiger partial charge in [0.05, 0.1) is 6.61 Å². The molecule has 0 spiro atoms. The van der Waals surface area contributed by atoms with Crippen molar-refractivity contribution in [2.45, 2.75) is 40.7 Å². The monoisotopic (exact) mass is 245 g/mol. The summed E-state index contributed by atoms with van der Waals surface area (Å²) in [4.78, 5) is 0. The Morgan fingerprint density at radius 3 is 2.61 bits per heavy atom. The quantitative estimate of drug-likeness (QED) is 0.775. The summed E-state index contributed by atoms with van der Waals surface area (Å²) in [6.07, 6.45) is 3.36. The highest BCUT2D eigenvalue weighted by molar-refractivity contribution is 5.81. The number of hydrogen-bond acceptors (Lipinski definition) is 1. The van der Waals surface area contributed by atoms with Gasteiger partial charge in [-0.25, -0.2) is 0 Å². The van der Waals surface area contributed by atoms with Gasteiger partial charge >= 0.3 is 0 Å². The van der Waals surface area contributed by atoms with Gasteiger partial charge in [0.1, 0.15) is 5.75 Å². The number of rotatable bonds is 4. The average Bonchev–Trinajstić information content (AvgIpc) is 2.68. The molecule has 0 unspecified atom stereocenters. The molecule has 0 aliphatic rings. The third kappa shape index (κ3) is 3.06. The SMILES string of the molecule is CCOc1ccc2c(ccn2CCC(C)(C)C)c1. The average molecular weight is 245 g/mol. The van der Waals surface area contributed by atoms with Crippen LogP contribution in [0.5, 0.6) is 5.75 Å². The van der Waals surface area contributed by atoms with Gasteiger partial charge in [-0.2, -0.15) is 0 Å². The summed E-state index contributed by atoms with van der Waals surface area (Å²) in [5.74, 6) is 0.957. The van der Waals surface area contributed by atoms with Crippen LogP contribution in [-0.4, -0.2) is 11.2 Å². The lowest BCUT2D eigenvalue weighted by atomic mass is 9.92. The second-order valence-electron chi connectivity index (χ2n) is 5.97. The molecule has 98 valence electrons. The molecule has 0 saturated heterocycles. The van der Waals surface area contributed by atoms with Crippen LogP contribution in [0.15, 0.2) is 30.5 Å². The molecular formula is C16H23NO. The van der Waals surface area contributed by atoms with Crippen molar-refractivity contribution in [2.75, 3.05) is 6.61 Å². The molecule has 2 aromatic rings. The first-order valence-corrected chi connectivity index (χ1v) is 6.71. The zero-order valence-electron chi connectivity index (χ0n) is 11.9. The van der Waals surface area contributed by atoms with Gasteiger partial charge in [-0.05, 0) is 43.0 Å². The maximum atomic E-state index is 5.53. The molecule has 1 aromatic heterocycles. The minimum atomic E-state index is 0.377. The summed E-state index contributed by atoms with van der Waals surface area (Å²) in [5, 5.41) is 1.26. The van der Waals surface area contributed by atoms with E-state index in [9.17, 15) is 0 Å². The summed E-state index contributed by atoms with van der Waals surface area (Å²) >= 11 is 0. The van der Waals surface area contributed by atoms with E-state index in [2.05, 4.69) is 55.8 Å². The van der Waals surface area contributed by atoms with Gasteiger partial charge in [0.25, 0.3) is 0 Å². The van der Waals surface area contributed by atoms with Crippen LogP contribution in [0.3, 0.4) is 0 Å². The molecule has 0 radical (unpaired) electrons. The second-order valence-corrected chi connectivity index (χ2v) is 5.97. The largest absolute Gasteiger partial charge is 0.494 e. The van der Waals surface area contributed by atoms with Gasteiger partial charge in [-0.15, -0.1) is 0 Å². The Morgan fingerprint density at radius 2 is 1.94 bits per heavy atom. The molecule has 0 N–H and O–H groups in total. The van der Waals surface area contributed by atoms with Crippen LogP contribution in [0.25, 0.3) is 10.9 Å². The van der Waals surface area contributed by atoms with Crippen molar-refractivity contribution in [3.05, 3.63) is 30.5 Å². The molecule has 2 heteroatoms. The van der Waals surface area contributed by atoms with E-state index in [0.29, 0.717) is 5.41 Å². The molecular weight excluding hydrogens is 222 g/mol. The van der Waals surface area contributed by atoms with Crippen molar-refractivity contribution < 1.29 is 4.74 Å². The summed E-state index contributed by atoms with van der Waals surface area (Å²) in [7, 11) is 0. The van der Waals surface area contributed by atoms with Crippen molar-refractivity contribution in [2.24, 2.45) is 5.41 Å². The van der Waals surface area contributed by atoms with Crippen LogP contribution < -0.4 is 4.74 Å². The Labute approximate surface area is 110 Å². The summed E-state index contributed by atoms with van der Waals surface area (Å²) < 4.78 is 7.86. The number of benzene rings is 1. The van der Waals surface area contributed by atoms with E-state index in [1.54, 1.807) is 0 Å². The Kier molecular flexibility index (Phi) is 3.65. The summed E-state index contributed by atoms with van der Waals surface area (Å²) in [5.41, 5.74) is 1.67. The van der Waals surface area contributed by atoms with Crippen LogP contribution in [0.1, 0.15) is 34.1 Å². The van der Waals surface area contributed by atoms with Crippen LogP contribution in [-0.2, 0) is 6.54 Å². The first kappa shape index (κ1) is 13.0. The fraction of sp³-hybridized carbons (Fsp3) is 0.500. The number of hydrogen-bond donors (Lipinski definition) is 0. The Bertz CT molecular complexity index is 519. The molecule has 1 heterocycles. The standard InChI is InChI=1S/C16H23NO/c1-5-18-14-6-7-15-13(12-14)8-10-17(15)11-9-16(2,3)4/h6-8,10,12H,5,9,11H2,1-4H3. The van der Waals surface area contributed by atoms with Crippen molar-refractivity contribution >= 4 is 10.9 Å². The molecule has 0 saturated carbocycles. The van der Waals surface area contributed by atoms with E-state index >= 15 is 0 Å². The number of aryl methyl sites for hydroxylation is 1. The van der Waals surface area contributed by atoms with Crippen LogP contribution in [0.4, 0.5) is 0 Å². The molecule has 0 aliphatic heterocycles. The predicted molar refractivity (Wildman–Crippen MR) is 77.2 cm³/mol. The van der Waals surface area contributed by atoms with E-state index < -0.39 is 0 Å². The molecule has 2 nitrogen and oxygen atoms in total. The molecule has 0 aliphatic carbocycles. The Balaban J connectivity index is 2.20. The van der Waals surface area contributed by atoms with Crippen LogP contribution in [0.2, 0.25) is 0 Å². The minimum Gasteiger partial charge on any atom is -0.494 e. The molecule has 0 fully saturated rings. The normalized spacial score (nSPS) is 12.0. The summed E-state index contributed by atoms with van der Waals surface area (Å²) in [6.45, 7) is 10.7. The Morgan fingerprint density at radius 1 is 1.17 bits per heavy atom. The van der Waals surface area contributed by atoms with E-state index in [4.69, 9.17) is 4.74 Å². The van der Waals surface area contributed by atoms with Gasteiger partial charge < -0.3 is 9.30 Å². The van der Waals surface area contributed by atoms with Crippen molar-refractivity contribution in [1.82, 2.24) is 4.57 Å². The molecule has 1 aromatic carbocycles. The zero-order chi connectivity index (χ0) is 13.2. The first-order valence-electron chi connectivity index (χ1n) is 6.71. The van der Waals surface area contributed by atoms with Gasteiger partial charge in [0.2, 0.25) is 0 Å². The summed E-state index contributed by atoms with van der Waals surface area (Å²) in [6, 6.07) is 8.50. The maximum absolute atomic E-state index is 5.53. The van der Waals surface area contributed by atoms with Gasteiger partial charge in [0.15, 0.2) is 0 Å². The second kappa shape index (κ2) is 5.05. The number of ether oxygens (including phenoxy) is 1. The lowest BCUT2D eigenvalue weighted by Crippen LogP contribution is -2.09. The van der Waals surface area contributed by atoms with Crippen molar-refractivity contribution in [3.63, 3.8) is 0 Å². The molecule has 0 atom stereocenters. The van der Waals surface area contributed by atoms with Gasteiger partial charge in [-0.1, -0.05) is 20.8 Å². The van der Waals surface area contributed by atoms with E-state index in [0.717, 1.165) is 18.9 Å². The number of fused-ring (bicyclic) bond motifs is 1. The van der Waals surface area contributed by atoms with Gasteiger partial charge in [0, 0.05) is 23.6 Å². The third-order valence-corrected chi connectivity index (χ3v) is 3.16. The highest BCUT2D eigenvalue weighted by atomic mass is 16.5. The highest BCUT2D eigenvalue weighted by Crippen LogP contribution is 2.25. The van der Waals surface area contributed by atoms with Gasteiger partial charge in [-0.3, -0.25) is 0 Å². The fourth-order valence-electron chi connectivity index (χ4n) is 2.09. The Hall–Kier alpha value is -1.44. The highest BCUT2D eigenvalue weighted by Gasteiger charge is 2.11. The van der Waals surface area contributed by atoms with Crippen LogP contribution in [0, 0.1) is 5.41 Å². The molecule has 2 rings (SSSR count). The first-order chi connectivity index (χ1) is 8.49. The molecule has 0 bridgehead atoms. The lowest BCUT2D eigenvalue weighted by molar-refractivity contribution is 0.340. The maximum Gasteiger partial charge on any atom is 0.120 e. The third-order valence-electron chi connectivity index (χ3n) is 3.16. The topological polar surface area (TPSA) is 14.2 Å². The van der Waals surface area contributed by atoms with Crippen molar-refractivity contribution in [1.29, 1.82) is 0 Å². The van der Waals surface area contributed by atoms with Crippen molar-refractivity contribution in [3.8, 4) is 5.75 Å². The fourth-order valence-corrected chi connectivity index (χ4v) is 2.09. The molecule has 0 amide bonds. The van der Waals surface area contributed by atoms with E-state index in [-0.39, 0.29) is 0 Å². The predicted octanol–water partition coefficient (Wildman–Crippen LogP) is 4.48. The minimum absolute atomic E-state index is 0.377. The zero-order valence-corrected chi connectivity index (χ0v) is 11.9. The van der Waals surface area contributed by atoms with E-state index in [1.807, 2.05) is 6.92 Å². The number of nitrogens with zero attached hydrogens (tertiary/aromatic N) is 1. The van der Waals surface area contributed by atoms with Crippen LogP contribution >= 0.6 is 0 Å². The number of aromatic nitrogens is 1. The van der Waals surface area contributed by atoms with E-state index in [1.165, 1.54) is 17.3 Å².